The third-order valence-electron chi connectivity index (χ3n) is 13.3. The Kier molecular flexibility index (Phi) is 10.7. The molecule has 10 heteroatoms. The number of hydrogen-bond donors (Lipinski definition) is 3. The van der Waals surface area contributed by atoms with E-state index in [4.69, 9.17) is 24.9 Å². The van der Waals surface area contributed by atoms with Crippen LogP contribution in [0.25, 0.3) is 90.9 Å². The lowest BCUT2D eigenvalue weighted by Gasteiger charge is -2.30. The Morgan fingerprint density at radius 1 is 0.343 bits per heavy atom. The van der Waals surface area contributed by atoms with Gasteiger partial charge in [-0.1, -0.05) is 103 Å². The molecule has 4 aliphatic heterocycles. The summed E-state index contributed by atoms with van der Waals surface area (Å²) in [6, 6.07) is 48.8. The van der Waals surface area contributed by atoms with Crippen LogP contribution in [0.15, 0.2) is 140 Å². The minimum absolute atomic E-state index is 0.566. The average molecular weight is 875 g/mol. The molecule has 10 nitrogen and oxygen atoms in total. The summed E-state index contributed by atoms with van der Waals surface area (Å²) in [5.41, 5.74) is 16.6. The predicted molar refractivity (Wildman–Crippen MR) is 276 cm³/mol. The van der Waals surface area contributed by atoms with Crippen molar-refractivity contribution >= 4 is 69.9 Å². The Morgan fingerprint density at radius 2 is 0.687 bits per heavy atom. The van der Waals surface area contributed by atoms with Gasteiger partial charge in [-0.2, -0.15) is 15.0 Å². The number of nitrogens with zero attached hydrogens (tertiary/aromatic N) is 7. The molecule has 2 fully saturated rings. The summed E-state index contributed by atoms with van der Waals surface area (Å²) < 4.78 is 0. The van der Waals surface area contributed by atoms with Crippen molar-refractivity contribution in [1.82, 2.24) is 34.9 Å². The zero-order chi connectivity index (χ0) is 44.5. The average Bonchev–Trinajstić information content (AvgIpc) is 4.25. The Labute approximate surface area is 389 Å². The van der Waals surface area contributed by atoms with Gasteiger partial charge in [-0.05, 0) is 121 Å². The molecule has 8 aromatic rings. The molecule has 67 heavy (non-hydrogen) atoms. The van der Waals surface area contributed by atoms with Crippen LogP contribution in [0.3, 0.4) is 0 Å². The molecule has 0 atom stereocenters. The third kappa shape index (κ3) is 8.05. The number of nitrogens with one attached hydrogen (secondary N) is 3. The van der Waals surface area contributed by atoms with Crippen molar-refractivity contribution in [3.05, 3.63) is 162 Å². The van der Waals surface area contributed by atoms with Gasteiger partial charge in [0.15, 0.2) is 0 Å². The fourth-order valence-electron chi connectivity index (χ4n) is 9.96. The summed E-state index contributed by atoms with van der Waals surface area (Å²) in [4.78, 5) is 38.3. The van der Waals surface area contributed by atoms with Crippen molar-refractivity contribution in [2.24, 2.45) is 0 Å². The molecule has 328 valence electrons. The lowest BCUT2D eigenvalue weighted by molar-refractivity contribution is 0.556. The molecule has 8 bridgehead atoms. The Morgan fingerprint density at radius 3 is 1.04 bits per heavy atom. The predicted octanol–water partition coefficient (Wildman–Crippen LogP) is 13.2. The van der Waals surface area contributed by atoms with Crippen LogP contribution in [0.2, 0.25) is 0 Å². The molecule has 0 radical (unpaired) electrons. The first-order valence-electron chi connectivity index (χ1n) is 23.6. The summed E-state index contributed by atoms with van der Waals surface area (Å²) in [7, 11) is 0. The van der Waals surface area contributed by atoms with Crippen LogP contribution >= 0.6 is 0 Å². The normalized spacial score (nSPS) is 14.7. The van der Waals surface area contributed by atoms with E-state index >= 15 is 0 Å². The number of H-pyrrole nitrogens is 2. The molecule has 4 aromatic heterocycles. The number of fused-ring (bicyclic) bond motifs is 8. The number of piperidine rings is 2. The molecule has 0 amide bonds. The fraction of sp³-hybridized carbons (Fsp3) is 0.175. The Bertz CT molecular complexity index is 3250. The molecule has 4 aromatic carbocycles. The quantitative estimate of drug-likeness (QED) is 0.138. The zero-order valence-electron chi connectivity index (χ0n) is 37.3. The first-order chi connectivity index (χ1) is 33.2. The highest BCUT2D eigenvalue weighted by Gasteiger charge is 2.22. The second-order valence-corrected chi connectivity index (χ2v) is 17.7. The number of rotatable bonds is 8. The van der Waals surface area contributed by atoms with Gasteiger partial charge in [0.1, 0.15) is 0 Å². The molecular weight excluding hydrogens is 825 g/mol. The zero-order valence-corrected chi connectivity index (χ0v) is 37.3. The maximum Gasteiger partial charge on any atom is 0.233 e. The van der Waals surface area contributed by atoms with Crippen LogP contribution in [0.1, 0.15) is 61.3 Å². The molecule has 4 aliphatic rings. The lowest BCUT2D eigenvalue weighted by atomic mass is 10.0. The third-order valence-corrected chi connectivity index (χ3v) is 13.3. The molecule has 0 spiro atoms. The summed E-state index contributed by atoms with van der Waals surface area (Å²) in [5.74, 6) is 2.08. The highest BCUT2D eigenvalue weighted by molar-refractivity contribution is 6.00. The first-order valence-corrected chi connectivity index (χ1v) is 23.6. The van der Waals surface area contributed by atoms with E-state index in [9.17, 15) is 0 Å². The van der Waals surface area contributed by atoms with Gasteiger partial charge in [0.05, 0.1) is 22.8 Å². The number of anilines is 4. The topological polar surface area (TPSA) is 115 Å². The number of aromatic nitrogens is 7. The van der Waals surface area contributed by atoms with Crippen LogP contribution in [-0.2, 0) is 0 Å². The van der Waals surface area contributed by atoms with Gasteiger partial charge in [-0.15, -0.1) is 0 Å². The van der Waals surface area contributed by atoms with Crippen molar-refractivity contribution in [2.75, 3.05) is 41.3 Å². The van der Waals surface area contributed by atoms with E-state index in [2.05, 4.69) is 189 Å². The summed E-state index contributed by atoms with van der Waals surface area (Å²) >= 11 is 0. The van der Waals surface area contributed by atoms with Crippen molar-refractivity contribution in [1.29, 1.82) is 0 Å². The monoisotopic (exact) mass is 874 g/mol. The van der Waals surface area contributed by atoms with Gasteiger partial charge in [0, 0.05) is 76.2 Å². The Balaban J connectivity index is 1.05. The maximum atomic E-state index is 5.49. The second-order valence-electron chi connectivity index (χ2n) is 17.7. The van der Waals surface area contributed by atoms with E-state index in [-0.39, 0.29) is 0 Å². The second kappa shape index (κ2) is 17.7. The van der Waals surface area contributed by atoms with E-state index < -0.39 is 0 Å². The fourth-order valence-corrected chi connectivity index (χ4v) is 9.96. The smallest absolute Gasteiger partial charge is 0.233 e. The van der Waals surface area contributed by atoms with E-state index in [0.717, 1.165) is 159 Å². The van der Waals surface area contributed by atoms with Gasteiger partial charge in [-0.3, -0.25) is 0 Å². The van der Waals surface area contributed by atoms with E-state index in [1.54, 1.807) is 0 Å². The van der Waals surface area contributed by atoms with Gasteiger partial charge in [0.2, 0.25) is 17.8 Å². The summed E-state index contributed by atoms with van der Waals surface area (Å²) in [6.45, 7) is 3.86. The number of aromatic amines is 2. The van der Waals surface area contributed by atoms with Gasteiger partial charge in [-0.25, -0.2) is 9.97 Å². The Hall–Kier alpha value is -8.11. The SMILES string of the molecule is C1=Cc2nc1c(-c1ccccc1)c1ccc([nH]1)c(-c1ccccc1)c1nc(c(-c3ccc(Nc4nc(N5CCCCC5)nc(N5CCCCC5)n4)cc3)c3ccc([nH]3)c2-c2ccccc2)C=C1. The van der Waals surface area contributed by atoms with Crippen LogP contribution in [-0.4, -0.2) is 61.1 Å². The van der Waals surface area contributed by atoms with Crippen LogP contribution < -0.4 is 15.1 Å². The largest absolute Gasteiger partial charge is 0.354 e. The minimum Gasteiger partial charge on any atom is -0.354 e. The summed E-state index contributed by atoms with van der Waals surface area (Å²) in [6.07, 6.45) is 15.7. The number of hydrogen-bond acceptors (Lipinski definition) is 8. The van der Waals surface area contributed by atoms with Crippen molar-refractivity contribution in [3.63, 3.8) is 0 Å². The van der Waals surface area contributed by atoms with E-state index in [0.29, 0.717) is 5.95 Å². The maximum absolute atomic E-state index is 5.49. The number of benzene rings is 4. The first kappa shape index (κ1) is 40.4. The lowest BCUT2D eigenvalue weighted by Crippen LogP contribution is -2.34. The molecule has 3 N–H and O–H groups in total. The van der Waals surface area contributed by atoms with Crippen LogP contribution in [0, 0.1) is 0 Å². The molecule has 0 aliphatic carbocycles. The van der Waals surface area contributed by atoms with Crippen LogP contribution in [0.5, 0.6) is 0 Å². The van der Waals surface area contributed by atoms with Gasteiger partial charge >= 0.3 is 0 Å². The molecule has 0 saturated carbocycles. The molecular formula is C57H50N10. The van der Waals surface area contributed by atoms with Crippen molar-refractivity contribution in [3.8, 4) is 44.5 Å². The van der Waals surface area contributed by atoms with Crippen molar-refractivity contribution in [2.45, 2.75) is 38.5 Å². The van der Waals surface area contributed by atoms with Gasteiger partial charge in [0.25, 0.3) is 0 Å². The highest BCUT2D eigenvalue weighted by atomic mass is 15.4. The molecule has 2 saturated heterocycles. The minimum atomic E-state index is 0.566. The highest BCUT2D eigenvalue weighted by Crippen LogP contribution is 2.39. The van der Waals surface area contributed by atoms with Gasteiger partial charge < -0.3 is 25.1 Å². The molecule has 12 rings (SSSR count). The van der Waals surface area contributed by atoms with E-state index in [1.165, 1.54) is 12.8 Å². The molecule has 8 heterocycles. The summed E-state index contributed by atoms with van der Waals surface area (Å²) in [5, 5.41) is 3.57. The molecule has 0 unspecified atom stereocenters. The standard InChI is InChI=1S/C57H50N10/c1-6-16-38(17-7-1)51-43-26-28-45(59-43)52(39-18-8-2-9-19-39)47-30-32-49(61-47)54(50-33-31-48(62-50)53(40-20-10-3-11-21-40)46-29-27-44(51)60-46)41-22-24-42(25-23-41)58-55-63-56(66-34-12-4-13-35-66)65-57(64-55)67-36-14-5-15-37-67/h1-3,6-11,16-33,59,62H,4-5,12-15,34-37H2,(H,58,63,64,65). The van der Waals surface area contributed by atoms with Crippen molar-refractivity contribution < 1.29 is 0 Å². The van der Waals surface area contributed by atoms with E-state index in [1.807, 2.05) is 0 Å². The van der Waals surface area contributed by atoms with Crippen LogP contribution in [0.4, 0.5) is 23.5 Å².